The minimum Gasteiger partial charge on any atom is -0.379 e. The zero-order valence-electron chi connectivity index (χ0n) is 15.3. The third-order valence-electron chi connectivity index (χ3n) is 5.03. The Morgan fingerprint density at radius 2 is 1.43 bits per heavy atom. The molecule has 3 heteroatoms. The maximum atomic E-state index is 5.75. The average Bonchev–Trinajstić information content (AvgIpc) is 3.46. The quantitative estimate of drug-likeness (QED) is 0.270. The highest BCUT2D eigenvalue weighted by molar-refractivity contribution is 4.85. The molecule has 2 fully saturated rings. The largest absolute Gasteiger partial charge is 0.379 e. The summed E-state index contributed by atoms with van der Waals surface area (Å²) in [4.78, 5) is 0. The van der Waals surface area contributed by atoms with Crippen LogP contribution in [0.1, 0.15) is 90.4 Å². The smallest absolute Gasteiger partial charge is 0.107 e. The van der Waals surface area contributed by atoms with E-state index in [1.54, 1.807) is 0 Å². The van der Waals surface area contributed by atoms with Gasteiger partial charge >= 0.3 is 0 Å². The van der Waals surface area contributed by atoms with E-state index in [1.165, 1.54) is 83.5 Å². The summed E-state index contributed by atoms with van der Waals surface area (Å²) in [5.74, 6) is 0. The van der Waals surface area contributed by atoms with Crippen molar-refractivity contribution in [3.63, 3.8) is 0 Å². The molecule has 0 spiro atoms. The van der Waals surface area contributed by atoms with E-state index in [9.17, 15) is 0 Å². The number of epoxide rings is 2. The van der Waals surface area contributed by atoms with Gasteiger partial charge < -0.3 is 14.2 Å². The molecule has 0 aromatic heterocycles. The van der Waals surface area contributed by atoms with Gasteiger partial charge in [0.05, 0.1) is 25.4 Å². The van der Waals surface area contributed by atoms with Gasteiger partial charge in [-0.25, -0.2) is 0 Å². The molecular weight excluding hydrogens is 288 g/mol. The van der Waals surface area contributed by atoms with E-state index >= 15 is 0 Å². The molecule has 0 aromatic rings. The molecule has 2 saturated heterocycles. The Hall–Kier alpha value is -0.120. The fraction of sp³-hybridized carbons (Fsp3) is 1.00. The Balaban J connectivity index is 1.23. The first kappa shape index (κ1) is 19.2. The molecule has 0 aromatic carbocycles. The van der Waals surface area contributed by atoms with E-state index in [-0.39, 0.29) is 0 Å². The first-order valence-corrected chi connectivity index (χ1v) is 10.2. The van der Waals surface area contributed by atoms with Gasteiger partial charge in [-0.1, -0.05) is 64.7 Å². The Labute approximate surface area is 143 Å². The molecule has 3 atom stereocenters. The molecule has 0 bridgehead atoms. The molecule has 136 valence electrons. The highest BCUT2D eigenvalue weighted by atomic mass is 16.6. The van der Waals surface area contributed by atoms with Crippen molar-refractivity contribution in [3.05, 3.63) is 0 Å². The predicted molar refractivity (Wildman–Crippen MR) is 94.9 cm³/mol. The van der Waals surface area contributed by atoms with E-state index < -0.39 is 0 Å². The van der Waals surface area contributed by atoms with Gasteiger partial charge in [0.1, 0.15) is 6.10 Å². The van der Waals surface area contributed by atoms with E-state index in [2.05, 4.69) is 6.92 Å². The predicted octanol–water partition coefficient (Wildman–Crippen LogP) is 5.26. The van der Waals surface area contributed by atoms with Gasteiger partial charge in [0.15, 0.2) is 0 Å². The summed E-state index contributed by atoms with van der Waals surface area (Å²) in [6, 6.07) is 0. The van der Waals surface area contributed by atoms with Crippen LogP contribution in [-0.4, -0.2) is 38.1 Å². The molecule has 0 amide bonds. The average molecular weight is 327 g/mol. The van der Waals surface area contributed by atoms with E-state index in [4.69, 9.17) is 14.2 Å². The summed E-state index contributed by atoms with van der Waals surface area (Å²) >= 11 is 0. The van der Waals surface area contributed by atoms with Gasteiger partial charge in [-0.2, -0.15) is 0 Å². The molecule has 0 N–H and O–H groups in total. The number of unbranched alkanes of at least 4 members (excludes halogenated alkanes) is 9. The molecule has 2 aliphatic heterocycles. The maximum Gasteiger partial charge on any atom is 0.107 e. The fourth-order valence-corrected chi connectivity index (χ4v) is 3.25. The second-order valence-electron chi connectivity index (χ2n) is 7.36. The Kier molecular flexibility index (Phi) is 10.2. The fourth-order valence-electron chi connectivity index (χ4n) is 3.25. The van der Waals surface area contributed by atoms with Crippen molar-refractivity contribution in [2.75, 3.05) is 19.8 Å². The van der Waals surface area contributed by atoms with Crippen LogP contribution in [0.2, 0.25) is 0 Å². The van der Waals surface area contributed by atoms with Crippen LogP contribution in [0.25, 0.3) is 0 Å². The van der Waals surface area contributed by atoms with Crippen LogP contribution in [-0.2, 0) is 14.2 Å². The molecular formula is C20H38O3. The molecule has 0 radical (unpaired) electrons. The Bertz CT molecular complexity index is 278. The van der Waals surface area contributed by atoms with Crippen molar-refractivity contribution in [2.45, 2.75) is 109 Å². The molecule has 2 heterocycles. The second kappa shape index (κ2) is 12.3. The van der Waals surface area contributed by atoms with Crippen molar-refractivity contribution in [3.8, 4) is 0 Å². The van der Waals surface area contributed by atoms with E-state index in [0.717, 1.165) is 19.8 Å². The zero-order valence-corrected chi connectivity index (χ0v) is 15.3. The topological polar surface area (TPSA) is 34.3 Å². The summed E-state index contributed by atoms with van der Waals surface area (Å²) in [6.45, 7) is 4.99. The van der Waals surface area contributed by atoms with Crippen molar-refractivity contribution in [1.29, 1.82) is 0 Å². The van der Waals surface area contributed by atoms with Gasteiger partial charge in [0.25, 0.3) is 0 Å². The summed E-state index contributed by atoms with van der Waals surface area (Å²) in [5, 5.41) is 0. The maximum absolute atomic E-state index is 5.75. The van der Waals surface area contributed by atoms with Crippen molar-refractivity contribution in [2.24, 2.45) is 0 Å². The van der Waals surface area contributed by atoms with Crippen LogP contribution >= 0.6 is 0 Å². The zero-order chi connectivity index (χ0) is 16.2. The van der Waals surface area contributed by atoms with Crippen LogP contribution in [0.5, 0.6) is 0 Å². The molecule has 0 saturated carbocycles. The lowest BCUT2D eigenvalue weighted by Gasteiger charge is -2.03. The van der Waals surface area contributed by atoms with Crippen molar-refractivity contribution >= 4 is 0 Å². The monoisotopic (exact) mass is 326 g/mol. The van der Waals surface area contributed by atoms with Gasteiger partial charge in [-0.05, 0) is 25.7 Å². The Morgan fingerprint density at radius 1 is 0.783 bits per heavy atom. The van der Waals surface area contributed by atoms with Crippen molar-refractivity contribution < 1.29 is 14.2 Å². The lowest BCUT2D eigenvalue weighted by atomic mass is 10.1. The summed E-state index contributed by atoms with van der Waals surface area (Å²) < 4.78 is 16.6. The SMILES string of the molecule is CCCCCCCCCCCCOCC1OC1CCCC1CO1. The van der Waals surface area contributed by atoms with E-state index in [0.29, 0.717) is 18.3 Å². The summed E-state index contributed by atoms with van der Waals surface area (Å²) in [6.07, 6.45) is 18.9. The lowest BCUT2D eigenvalue weighted by molar-refractivity contribution is 0.113. The van der Waals surface area contributed by atoms with Gasteiger partial charge in [-0.15, -0.1) is 0 Å². The minimum absolute atomic E-state index is 0.387. The van der Waals surface area contributed by atoms with Crippen LogP contribution < -0.4 is 0 Å². The molecule has 3 unspecified atom stereocenters. The summed E-state index contributed by atoms with van der Waals surface area (Å²) in [7, 11) is 0. The molecule has 0 aliphatic carbocycles. The molecule has 2 aliphatic rings. The van der Waals surface area contributed by atoms with E-state index in [1.807, 2.05) is 0 Å². The summed E-state index contributed by atoms with van der Waals surface area (Å²) in [5.41, 5.74) is 0. The normalized spacial score (nSPS) is 25.7. The third-order valence-corrected chi connectivity index (χ3v) is 5.03. The van der Waals surface area contributed by atoms with Crippen LogP contribution in [0.15, 0.2) is 0 Å². The highest BCUT2D eigenvalue weighted by Crippen LogP contribution is 2.29. The third kappa shape index (κ3) is 10.4. The molecule has 3 nitrogen and oxygen atoms in total. The standard InChI is InChI=1S/C20H38O3/c1-2-3-4-5-6-7-8-9-10-11-15-21-17-20-19(23-20)14-12-13-18-16-22-18/h18-20H,2-17H2,1H3. The van der Waals surface area contributed by atoms with Gasteiger partial charge in [0.2, 0.25) is 0 Å². The highest BCUT2D eigenvalue weighted by Gasteiger charge is 2.38. The minimum atomic E-state index is 0.387. The Morgan fingerprint density at radius 3 is 2.09 bits per heavy atom. The first-order valence-electron chi connectivity index (χ1n) is 10.2. The number of hydrogen-bond donors (Lipinski definition) is 0. The number of rotatable bonds is 17. The second-order valence-corrected chi connectivity index (χ2v) is 7.36. The van der Waals surface area contributed by atoms with Crippen LogP contribution in [0, 0.1) is 0 Å². The van der Waals surface area contributed by atoms with Crippen LogP contribution in [0.3, 0.4) is 0 Å². The molecule has 23 heavy (non-hydrogen) atoms. The van der Waals surface area contributed by atoms with Crippen LogP contribution in [0.4, 0.5) is 0 Å². The number of ether oxygens (including phenoxy) is 3. The van der Waals surface area contributed by atoms with Crippen molar-refractivity contribution in [1.82, 2.24) is 0 Å². The first-order chi connectivity index (χ1) is 11.4. The number of hydrogen-bond acceptors (Lipinski definition) is 3. The molecule has 2 rings (SSSR count). The lowest BCUT2D eigenvalue weighted by Crippen LogP contribution is -2.06. The van der Waals surface area contributed by atoms with Gasteiger partial charge in [0, 0.05) is 6.61 Å². The van der Waals surface area contributed by atoms with Gasteiger partial charge in [-0.3, -0.25) is 0 Å².